The maximum atomic E-state index is 13.5. The van der Waals surface area contributed by atoms with E-state index in [2.05, 4.69) is 0 Å². The van der Waals surface area contributed by atoms with Crippen LogP contribution >= 0.6 is 11.6 Å². The predicted molar refractivity (Wildman–Crippen MR) is 138 cm³/mol. The van der Waals surface area contributed by atoms with Crippen LogP contribution in [0, 0.1) is 13.8 Å². The Morgan fingerprint density at radius 1 is 0.861 bits per heavy atom. The molecule has 1 amide bonds. The molecule has 0 spiro atoms. The third kappa shape index (κ3) is 4.38. The van der Waals surface area contributed by atoms with E-state index in [9.17, 15) is 14.7 Å². The van der Waals surface area contributed by atoms with Crippen molar-refractivity contribution >= 4 is 34.7 Å². The minimum absolute atomic E-state index is 0.0769. The summed E-state index contributed by atoms with van der Waals surface area (Å²) < 4.78 is 16.0. The summed E-state index contributed by atoms with van der Waals surface area (Å²) in [5, 5.41) is 11.8. The maximum absolute atomic E-state index is 13.5. The maximum Gasteiger partial charge on any atom is 0.300 e. The first kappa shape index (κ1) is 25.1. The van der Waals surface area contributed by atoms with E-state index in [4.69, 9.17) is 25.8 Å². The number of methoxy groups -OCH3 is 3. The molecule has 0 radical (unpaired) electrons. The lowest BCUT2D eigenvalue weighted by molar-refractivity contribution is -0.132. The topological polar surface area (TPSA) is 85.3 Å². The Morgan fingerprint density at radius 2 is 1.47 bits per heavy atom. The van der Waals surface area contributed by atoms with Crippen LogP contribution in [0.25, 0.3) is 5.76 Å². The van der Waals surface area contributed by atoms with Crippen molar-refractivity contribution in [1.29, 1.82) is 0 Å². The van der Waals surface area contributed by atoms with E-state index in [1.165, 1.54) is 31.3 Å². The van der Waals surface area contributed by atoms with E-state index in [0.717, 1.165) is 11.1 Å². The lowest BCUT2D eigenvalue weighted by Crippen LogP contribution is -2.29. The SMILES string of the molecule is COc1ccc(C2/C(=C(\O)c3cc(OC)c(Cl)cc3OC)C(=O)C(=O)N2c2cc(C)cc(C)c2)cc1. The molecule has 7 nitrogen and oxygen atoms in total. The molecule has 3 aromatic rings. The van der Waals surface area contributed by atoms with E-state index in [0.29, 0.717) is 17.0 Å². The third-order valence-corrected chi connectivity index (χ3v) is 6.38. The van der Waals surface area contributed by atoms with Gasteiger partial charge < -0.3 is 19.3 Å². The molecule has 1 aliphatic rings. The van der Waals surface area contributed by atoms with Crippen molar-refractivity contribution in [1.82, 2.24) is 0 Å². The number of hydrogen-bond acceptors (Lipinski definition) is 6. The summed E-state index contributed by atoms with van der Waals surface area (Å²) in [7, 11) is 4.41. The number of aliphatic hydroxyl groups excluding tert-OH is 1. The highest BCUT2D eigenvalue weighted by atomic mass is 35.5. The van der Waals surface area contributed by atoms with Crippen molar-refractivity contribution in [3.05, 3.63) is 87.4 Å². The monoisotopic (exact) mass is 507 g/mol. The summed E-state index contributed by atoms with van der Waals surface area (Å²) in [6.07, 6.45) is 0. The highest BCUT2D eigenvalue weighted by molar-refractivity contribution is 6.51. The molecule has 0 bridgehead atoms. The van der Waals surface area contributed by atoms with Gasteiger partial charge in [-0.3, -0.25) is 14.5 Å². The van der Waals surface area contributed by atoms with Crippen LogP contribution in [0.5, 0.6) is 17.2 Å². The number of carbonyl (C=O) groups excluding carboxylic acids is 2. The Kier molecular flexibility index (Phi) is 6.95. The molecule has 1 saturated heterocycles. The number of benzene rings is 3. The Morgan fingerprint density at radius 3 is 2.03 bits per heavy atom. The number of halogens is 1. The van der Waals surface area contributed by atoms with Crippen LogP contribution in [0.2, 0.25) is 5.02 Å². The number of rotatable bonds is 6. The summed E-state index contributed by atoms with van der Waals surface area (Å²) >= 11 is 6.24. The van der Waals surface area contributed by atoms with E-state index in [1.54, 1.807) is 31.4 Å². The number of ether oxygens (including phenoxy) is 3. The molecule has 186 valence electrons. The Labute approximate surface area is 214 Å². The Hall–Kier alpha value is -3.97. The smallest absolute Gasteiger partial charge is 0.300 e. The lowest BCUT2D eigenvalue weighted by atomic mass is 9.94. The van der Waals surface area contributed by atoms with Crippen molar-refractivity contribution < 1.29 is 28.9 Å². The van der Waals surface area contributed by atoms with Gasteiger partial charge in [0.15, 0.2) is 0 Å². The van der Waals surface area contributed by atoms with Crippen LogP contribution in [0.15, 0.2) is 60.2 Å². The number of aliphatic hydroxyl groups is 1. The van der Waals surface area contributed by atoms with Crippen LogP contribution in [-0.2, 0) is 9.59 Å². The normalized spacial score (nSPS) is 16.8. The fourth-order valence-electron chi connectivity index (χ4n) is 4.48. The quantitative estimate of drug-likeness (QED) is 0.265. The van der Waals surface area contributed by atoms with Crippen LogP contribution in [0.4, 0.5) is 5.69 Å². The molecule has 1 heterocycles. The fourth-order valence-corrected chi connectivity index (χ4v) is 4.71. The number of Topliss-reactive ketones (excluding diaryl/α,β-unsaturated/α-hetero) is 1. The number of ketones is 1. The van der Waals surface area contributed by atoms with Gasteiger partial charge in [0.2, 0.25) is 0 Å². The van der Waals surface area contributed by atoms with Crippen molar-refractivity contribution in [3.8, 4) is 17.2 Å². The van der Waals surface area contributed by atoms with Gasteiger partial charge >= 0.3 is 0 Å². The molecule has 4 rings (SSSR count). The van der Waals surface area contributed by atoms with Gasteiger partial charge in [-0.2, -0.15) is 0 Å². The van der Waals surface area contributed by atoms with E-state index in [-0.39, 0.29) is 27.7 Å². The molecule has 1 unspecified atom stereocenters. The van der Waals surface area contributed by atoms with Gasteiger partial charge in [-0.15, -0.1) is 0 Å². The number of carbonyl (C=O) groups is 2. The molecular weight excluding hydrogens is 482 g/mol. The molecule has 1 fully saturated rings. The van der Waals surface area contributed by atoms with Gasteiger partial charge in [0.1, 0.15) is 23.0 Å². The van der Waals surface area contributed by atoms with Gasteiger partial charge in [-0.25, -0.2) is 0 Å². The first-order chi connectivity index (χ1) is 17.2. The highest BCUT2D eigenvalue weighted by Crippen LogP contribution is 2.45. The summed E-state index contributed by atoms with van der Waals surface area (Å²) in [6.45, 7) is 3.83. The molecule has 8 heteroatoms. The third-order valence-electron chi connectivity index (χ3n) is 6.09. The van der Waals surface area contributed by atoms with Crippen molar-refractivity contribution in [2.24, 2.45) is 0 Å². The van der Waals surface area contributed by atoms with Crippen LogP contribution in [0.3, 0.4) is 0 Å². The minimum Gasteiger partial charge on any atom is -0.507 e. The number of anilines is 1. The Balaban J connectivity index is 2.01. The average molecular weight is 508 g/mol. The zero-order valence-corrected chi connectivity index (χ0v) is 21.3. The molecular formula is C28H26ClNO6. The van der Waals surface area contributed by atoms with Crippen LogP contribution in [0.1, 0.15) is 28.3 Å². The number of amides is 1. The number of nitrogens with zero attached hydrogens (tertiary/aromatic N) is 1. The van der Waals surface area contributed by atoms with E-state index in [1.807, 2.05) is 32.0 Å². The fraction of sp³-hybridized carbons (Fsp3) is 0.214. The summed E-state index contributed by atoms with van der Waals surface area (Å²) in [5.41, 5.74) is 3.14. The molecule has 0 saturated carbocycles. The van der Waals surface area contributed by atoms with Crippen molar-refractivity contribution in [2.45, 2.75) is 19.9 Å². The molecule has 0 aliphatic carbocycles. The summed E-state index contributed by atoms with van der Waals surface area (Å²) in [4.78, 5) is 28.3. The van der Waals surface area contributed by atoms with Gasteiger partial charge in [0, 0.05) is 11.8 Å². The first-order valence-corrected chi connectivity index (χ1v) is 11.5. The zero-order valence-electron chi connectivity index (χ0n) is 20.6. The first-order valence-electron chi connectivity index (χ1n) is 11.1. The van der Waals surface area contributed by atoms with Crippen molar-refractivity contribution in [2.75, 3.05) is 26.2 Å². The highest BCUT2D eigenvalue weighted by Gasteiger charge is 2.47. The number of hydrogen-bond donors (Lipinski definition) is 1. The van der Waals surface area contributed by atoms with Gasteiger partial charge in [0.25, 0.3) is 11.7 Å². The molecule has 1 N–H and O–H groups in total. The van der Waals surface area contributed by atoms with Gasteiger partial charge in [0.05, 0.1) is 43.5 Å². The number of aryl methyl sites for hydroxylation is 2. The standard InChI is InChI=1S/C28H26ClNO6/c1-15-10-16(2)12-18(11-15)30-25(17-6-8-19(34-3)9-7-17)24(27(32)28(30)33)26(31)20-13-23(36-5)21(29)14-22(20)35-4/h6-14,25,31H,1-5H3/b26-24+. The minimum atomic E-state index is -0.900. The molecule has 3 aromatic carbocycles. The predicted octanol–water partition coefficient (Wildman–Crippen LogP) is 5.61. The van der Waals surface area contributed by atoms with E-state index < -0.39 is 23.5 Å². The second-order valence-corrected chi connectivity index (χ2v) is 8.88. The second kappa shape index (κ2) is 9.95. The zero-order chi connectivity index (χ0) is 26.1. The molecule has 0 aromatic heterocycles. The second-order valence-electron chi connectivity index (χ2n) is 8.48. The summed E-state index contributed by atoms with van der Waals surface area (Å²) in [6, 6.07) is 14.7. The summed E-state index contributed by atoms with van der Waals surface area (Å²) in [5.74, 6) is -0.835. The lowest BCUT2D eigenvalue weighted by Gasteiger charge is -2.26. The molecule has 1 atom stereocenters. The Bertz CT molecular complexity index is 1360. The largest absolute Gasteiger partial charge is 0.507 e. The molecule has 36 heavy (non-hydrogen) atoms. The van der Waals surface area contributed by atoms with Gasteiger partial charge in [-0.1, -0.05) is 29.8 Å². The molecule has 1 aliphatic heterocycles. The van der Waals surface area contributed by atoms with Gasteiger partial charge in [-0.05, 0) is 60.9 Å². The average Bonchev–Trinajstić information content (AvgIpc) is 3.13. The van der Waals surface area contributed by atoms with E-state index >= 15 is 0 Å². The van der Waals surface area contributed by atoms with Crippen molar-refractivity contribution in [3.63, 3.8) is 0 Å². The van der Waals surface area contributed by atoms with Crippen LogP contribution in [-0.4, -0.2) is 38.1 Å². The van der Waals surface area contributed by atoms with Crippen LogP contribution < -0.4 is 19.1 Å².